The summed E-state index contributed by atoms with van der Waals surface area (Å²) in [5.41, 5.74) is 10.3. The Bertz CT molecular complexity index is 847. The minimum atomic E-state index is -0.257. The van der Waals surface area contributed by atoms with Crippen molar-refractivity contribution in [2.45, 2.75) is 12.5 Å². The molecule has 0 fully saturated rings. The van der Waals surface area contributed by atoms with Crippen LogP contribution in [-0.4, -0.2) is 7.11 Å². The van der Waals surface area contributed by atoms with Gasteiger partial charge in [0.25, 0.3) is 0 Å². The second-order valence-corrected chi connectivity index (χ2v) is 6.31. The zero-order valence-electron chi connectivity index (χ0n) is 13.9. The van der Waals surface area contributed by atoms with Crippen LogP contribution in [0.25, 0.3) is 11.1 Å². The average Bonchev–Trinajstić information content (AvgIpc) is 2.63. The summed E-state index contributed by atoms with van der Waals surface area (Å²) in [4.78, 5) is 0. The lowest BCUT2D eigenvalue weighted by Gasteiger charge is -2.19. The van der Waals surface area contributed by atoms with Gasteiger partial charge in [0.05, 0.1) is 7.11 Å². The number of hydrogen-bond acceptors (Lipinski definition) is 2. The maximum absolute atomic E-state index is 13.1. The Morgan fingerprint density at radius 3 is 2.32 bits per heavy atom. The minimum absolute atomic E-state index is 0.250. The third kappa shape index (κ3) is 4.01. The Labute approximate surface area is 152 Å². The van der Waals surface area contributed by atoms with Crippen molar-refractivity contribution >= 4 is 11.6 Å². The zero-order valence-corrected chi connectivity index (χ0v) is 14.6. The highest BCUT2D eigenvalue weighted by molar-refractivity contribution is 6.30. The number of ether oxygens (including phenoxy) is 1. The fourth-order valence-corrected chi connectivity index (χ4v) is 3.04. The van der Waals surface area contributed by atoms with Crippen LogP contribution < -0.4 is 10.5 Å². The number of methoxy groups -OCH3 is 1. The van der Waals surface area contributed by atoms with E-state index in [0.717, 1.165) is 28.0 Å². The van der Waals surface area contributed by atoms with Gasteiger partial charge in [0.2, 0.25) is 0 Å². The van der Waals surface area contributed by atoms with E-state index in [4.69, 9.17) is 22.1 Å². The molecule has 128 valence electrons. The van der Waals surface area contributed by atoms with Gasteiger partial charge in [-0.25, -0.2) is 4.39 Å². The monoisotopic (exact) mass is 355 g/mol. The summed E-state index contributed by atoms with van der Waals surface area (Å²) >= 11 is 5.98. The lowest BCUT2D eigenvalue weighted by atomic mass is 9.94. The van der Waals surface area contributed by atoms with E-state index in [-0.39, 0.29) is 11.9 Å². The predicted octanol–water partition coefficient (Wildman–Crippen LogP) is 5.40. The van der Waals surface area contributed by atoms with E-state index >= 15 is 0 Å². The molecule has 0 aliphatic heterocycles. The number of nitrogens with two attached hydrogens (primary N) is 1. The topological polar surface area (TPSA) is 35.2 Å². The summed E-state index contributed by atoms with van der Waals surface area (Å²) < 4.78 is 18.7. The van der Waals surface area contributed by atoms with Gasteiger partial charge in [-0.3, -0.25) is 0 Å². The Balaban J connectivity index is 1.94. The van der Waals surface area contributed by atoms with Gasteiger partial charge in [-0.1, -0.05) is 54.1 Å². The van der Waals surface area contributed by atoms with Crippen LogP contribution in [-0.2, 0) is 6.42 Å². The number of benzene rings is 3. The van der Waals surface area contributed by atoms with E-state index < -0.39 is 0 Å². The molecule has 0 radical (unpaired) electrons. The van der Waals surface area contributed by atoms with Gasteiger partial charge < -0.3 is 10.5 Å². The molecule has 4 heteroatoms. The van der Waals surface area contributed by atoms with Crippen LogP contribution in [0.1, 0.15) is 17.2 Å². The molecule has 0 saturated carbocycles. The molecule has 0 saturated heterocycles. The first-order valence-electron chi connectivity index (χ1n) is 8.01. The lowest BCUT2D eigenvalue weighted by molar-refractivity contribution is 0.407. The number of hydrogen-bond donors (Lipinski definition) is 1. The fourth-order valence-electron chi connectivity index (χ4n) is 2.92. The number of rotatable bonds is 5. The van der Waals surface area contributed by atoms with Crippen LogP contribution in [0.2, 0.25) is 5.02 Å². The van der Waals surface area contributed by atoms with E-state index in [1.807, 2.05) is 42.5 Å². The normalized spacial score (nSPS) is 12.0. The third-order valence-electron chi connectivity index (χ3n) is 4.17. The van der Waals surface area contributed by atoms with Crippen LogP contribution in [0.5, 0.6) is 5.75 Å². The Morgan fingerprint density at radius 1 is 1.00 bits per heavy atom. The van der Waals surface area contributed by atoms with Crippen molar-refractivity contribution in [3.63, 3.8) is 0 Å². The Morgan fingerprint density at radius 2 is 1.68 bits per heavy atom. The summed E-state index contributed by atoms with van der Waals surface area (Å²) in [6.45, 7) is 0. The molecule has 0 amide bonds. The smallest absolute Gasteiger partial charge is 0.131 e. The van der Waals surface area contributed by atoms with Crippen molar-refractivity contribution in [1.82, 2.24) is 0 Å². The molecule has 2 nitrogen and oxygen atoms in total. The van der Waals surface area contributed by atoms with Gasteiger partial charge >= 0.3 is 0 Å². The number of para-hydroxylation sites is 1. The van der Waals surface area contributed by atoms with Crippen molar-refractivity contribution in [3.8, 4) is 16.9 Å². The van der Waals surface area contributed by atoms with Crippen LogP contribution >= 0.6 is 11.6 Å². The van der Waals surface area contributed by atoms with Gasteiger partial charge in [-0.15, -0.1) is 0 Å². The Kier molecular flexibility index (Phi) is 5.37. The molecule has 0 heterocycles. The van der Waals surface area contributed by atoms with Crippen molar-refractivity contribution in [2.24, 2.45) is 5.73 Å². The van der Waals surface area contributed by atoms with Gasteiger partial charge in [0.15, 0.2) is 0 Å². The molecular weight excluding hydrogens is 337 g/mol. The summed E-state index contributed by atoms with van der Waals surface area (Å²) in [5, 5.41) is 0.687. The van der Waals surface area contributed by atoms with Crippen LogP contribution in [0.4, 0.5) is 4.39 Å². The van der Waals surface area contributed by atoms with E-state index in [2.05, 4.69) is 0 Å². The van der Waals surface area contributed by atoms with E-state index in [0.29, 0.717) is 11.4 Å². The van der Waals surface area contributed by atoms with Gasteiger partial charge in [-0.2, -0.15) is 0 Å². The fraction of sp³-hybridized carbons (Fsp3) is 0.143. The molecule has 0 bridgehead atoms. The molecule has 3 aromatic rings. The average molecular weight is 356 g/mol. The molecule has 2 N–H and O–H groups in total. The van der Waals surface area contributed by atoms with Crippen molar-refractivity contribution in [3.05, 3.63) is 88.7 Å². The molecule has 3 rings (SSSR count). The van der Waals surface area contributed by atoms with Gasteiger partial charge in [-0.05, 0) is 41.8 Å². The van der Waals surface area contributed by atoms with E-state index in [9.17, 15) is 4.39 Å². The van der Waals surface area contributed by atoms with Crippen molar-refractivity contribution in [2.75, 3.05) is 7.11 Å². The summed E-state index contributed by atoms with van der Waals surface area (Å²) in [5.74, 6) is 0.499. The van der Waals surface area contributed by atoms with Crippen molar-refractivity contribution < 1.29 is 9.13 Å². The largest absolute Gasteiger partial charge is 0.496 e. The molecule has 0 spiro atoms. The Hall–Kier alpha value is -2.36. The molecule has 1 unspecified atom stereocenters. The highest BCUT2D eigenvalue weighted by Crippen LogP contribution is 2.36. The van der Waals surface area contributed by atoms with Crippen LogP contribution in [0.3, 0.4) is 0 Å². The lowest BCUT2D eigenvalue weighted by Crippen LogP contribution is -2.15. The molecule has 25 heavy (non-hydrogen) atoms. The zero-order chi connectivity index (χ0) is 17.8. The standard InChI is InChI=1S/C21H19ClFNO/c1-25-21-18(15-7-9-16(22)10-8-15)3-2-4-19(21)20(24)13-14-5-11-17(23)12-6-14/h2-12,20H,13,24H2,1H3. The maximum Gasteiger partial charge on any atom is 0.131 e. The first kappa shape index (κ1) is 17.5. The molecular formula is C21H19ClFNO. The van der Waals surface area contributed by atoms with Crippen LogP contribution in [0, 0.1) is 5.82 Å². The van der Waals surface area contributed by atoms with E-state index in [1.165, 1.54) is 12.1 Å². The molecule has 0 aromatic heterocycles. The van der Waals surface area contributed by atoms with Crippen LogP contribution in [0.15, 0.2) is 66.7 Å². The molecule has 0 aliphatic carbocycles. The highest BCUT2D eigenvalue weighted by atomic mass is 35.5. The molecule has 1 atom stereocenters. The first-order chi connectivity index (χ1) is 12.1. The summed E-state index contributed by atoms with van der Waals surface area (Å²) in [6, 6.07) is 19.7. The summed E-state index contributed by atoms with van der Waals surface area (Å²) in [7, 11) is 1.64. The second kappa shape index (κ2) is 7.68. The maximum atomic E-state index is 13.1. The van der Waals surface area contributed by atoms with Gasteiger partial charge in [0.1, 0.15) is 11.6 Å². The SMILES string of the molecule is COc1c(-c2ccc(Cl)cc2)cccc1C(N)Cc1ccc(F)cc1. The van der Waals surface area contributed by atoms with Gasteiger partial charge in [0, 0.05) is 22.2 Å². The first-order valence-corrected chi connectivity index (χ1v) is 8.39. The minimum Gasteiger partial charge on any atom is -0.496 e. The molecule has 0 aliphatic rings. The predicted molar refractivity (Wildman–Crippen MR) is 100 cm³/mol. The summed E-state index contributed by atoms with van der Waals surface area (Å²) in [6.07, 6.45) is 0.598. The number of halogens is 2. The van der Waals surface area contributed by atoms with E-state index in [1.54, 1.807) is 19.2 Å². The highest BCUT2D eigenvalue weighted by Gasteiger charge is 2.17. The van der Waals surface area contributed by atoms with Crippen molar-refractivity contribution in [1.29, 1.82) is 0 Å². The third-order valence-corrected chi connectivity index (χ3v) is 4.43. The second-order valence-electron chi connectivity index (χ2n) is 5.87. The molecule has 3 aromatic carbocycles. The quantitative estimate of drug-likeness (QED) is 0.665.